The summed E-state index contributed by atoms with van der Waals surface area (Å²) in [5.41, 5.74) is 1.31. The van der Waals surface area contributed by atoms with E-state index in [1.165, 1.54) is 6.07 Å². The van der Waals surface area contributed by atoms with E-state index >= 15 is 0 Å². The van der Waals surface area contributed by atoms with Gasteiger partial charge in [0.05, 0.1) is 16.2 Å². The number of para-hydroxylation sites is 1. The molecular weight excluding hydrogens is 278 g/mol. The third-order valence-corrected chi connectivity index (χ3v) is 3.12. The summed E-state index contributed by atoms with van der Waals surface area (Å²) in [5.74, 6) is 0. The summed E-state index contributed by atoms with van der Waals surface area (Å²) in [6.45, 7) is 0. The average Bonchev–Trinajstić information content (AvgIpc) is 2.46. The molecule has 0 radical (unpaired) electrons. The maximum atomic E-state index is 11.1. The zero-order chi connectivity index (χ0) is 14.7. The Kier molecular flexibility index (Phi) is 3.87. The molecule has 100 valence electrons. The Morgan fingerprint density at radius 3 is 2.60 bits per heavy atom. The molecule has 0 bridgehead atoms. The molecule has 0 spiro atoms. The molecular formula is C14H10ClN3O2. The van der Waals surface area contributed by atoms with Crippen molar-refractivity contribution in [1.29, 1.82) is 5.26 Å². The Hall–Kier alpha value is -2.58. The van der Waals surface area contributed by atoms with E-state index in [1.807, 2.05) is 0 Å². The van der Waals surface area contributed by atoms with E-state index in [-0.39, 0.29) is 5.69 Å². The Bertz CT molecular complexity index is 710. The number of nitro groups is 1. The van der Waals surface area contributed by atoms with E-state index < -0.39 is 4.92 Å². The van der Waals surface area contributed by atoms with Crippen LogP contribution in [0.15, 0.2) is 42.5 Å². The number of hydrogen-bond acceptors (Lipinski definition) is 4. The number of hydrogen-bond donors (Lipinski definition) is 0. The Balaban J connectivity index is 2.57. The van der Waals surface area contributed by atoms with Crippen molar-refractivity contribution in [3.63, 3.8) is 0 Å². The van der Waals surface area contributed by atoms with Gasteiger partial charge < -0.3 is 4.90 Å². The Morgan fingerprint density at radius 2 is 1.95 bits per heavy atom. The smallest absolute Gasteiger partial charge is 0.294 e. The second kappa shape index (κ2) is 5.59. The van der Waals surface area contributed by atoms with Crippen LogP contribution in [0.5, 0.6) is 0 Å². The molecule has 0 saturated carbocycles. The van der Waals surface area contributed by atoms with Crippen LogP contribution in [0.2, 0.25) is 5.02 Å². The number of nitriles is 1. The van der Waals surface area contributed by atoms with Gasteiger partial charge in [-0.3, -0.25) is 10.1 Å². The molecule has 2 aromatic rings. The first-order chi connectivity index (χ1) is 9.54. The van der Waals surface area contributed by atoms with Gasteiger partial charge in [-0.05, 0) is 24.3 Å². The van der Waals surface area contributed by atoms with E-state index in [4.69, 9.17) is 16.9 Å². The highest BCUT2D eigenvalue weighted by Gasteiger charge is 2.20. The normalized spacial score (nSPS) is 9.85. The van der Waals surface area contributed by atoms with Crippen molar-refractivity contribution >= 4 is 28.7 Å². The van der Waals surface area contributed by atoms with E-state index in [1.54, 1.807) is 48.3 Å². The minimum Gasteiger partial charge on any atom is -0.338 e. The summed E-state index contributed by atoms with van der Waals surface area (Å²) < 4.78 is 0. The van der Waals surface area contributed by atoms with Gasteiger partial charge in [0, 0.05) is 18.1 Å². The second-order valence-corrected chi connectivity index (χ2v) is 4.51. The fourth-order valence-corrected chi connectivity index (χ4v) is 2.08. The minimum atomic E-state index is -0.493. The summed E-state index contributed by atoms with van der Waals surface area (Å²) in [5, 5.41) is 20.5. The van der Waals surface area contributed by atoms with Crippen LogP contribution < -0.4 is 4.90 Å². The number of halogens is 1. The van der Waals surface area contributed by atoms with Gasteiger partial charge in [0.1, 0.15) is 11.8 Å². The Labute approximate surface area is 120 Å². The molecule has 0 unspecified atom stereocenters. The van der Waals surface area contributed by atoms with Crippen LogP contribution >= 0.6 is 11.6 Å². The predicted molar refractivity (Wildman–Crippen MR) is 77.3 cm³/mol. The third kappa shape index (κ3) is 2.56. The number of anilines is 2. The third-order valence-electron chi connectivity index (χ3n) is 2.88. The molecule has 5 nitrogen and oxygen atoms in total. The molecule has 0 aliphatic rings. The van der Waals surface area contributed by atoms with Crippen molar-refractivity contribution in [3.8, 4) is 6.07 Å². The highest BCUT2D eigenvalue weighted by atomic mass is 35.5. The molecule has 2 aromatic carbocycles. The van der Waals surface area contributed by atoms with Crippen molar-refractivity contribution in [3.05, 3.63) is 63.2 Å². The molecule has 0 N–H and O–H groups in total. The second-order valence-electron chi connectivity index (χ2n) is 4.08. The molecule has 6 heteroatoms. The maximum absolute atomic E-state index is 11.1. The number of benzene rings is 2. The fraction of sp³-hybridized carbons (Fsp3) is 0.0714. The van der Waals surface area contributed by atoms with Gasteiger partial charge in [0.2, 0.25) is 0 Å². The molecule has 0 heterocycles. The molecule has 20 heavy (non-hydrogen) atoms. The van der Waals surface area contributed by atoms with Gasteiger partial charge >= 0.3 is 0 Å². The average molecular weight is 288 g/mol. The summed E-state index contributed by atoms with van der Waals surface area (Å²) in [4.78, 5) is 12.2. The zero-order valence-electron chi connectivity index (χ0n) is 10.6. The fourth-order valence-electron chi connectivity index (χ4n) is 1.92. The number of nitro benzene ring substituents is 1. The summed E-state index contributed by atoms with van der Waals surface area (Å²) in [7, 11) is 1.67. The van der Waals surface area contributed by atoms with Crippen LogP contribution in [0.3, 0.4) is 0 Å². The lowest BCUT2D eigenvalue weighted by atomic mass is 10.1. The highest BCUT2D eigenvalue weighted by Crippen LogP contribution is 2.35. The molecule has 0 fully saturated rings. The van der Waals surface area contributed by atoms with Crippen molar-refractivity contribution in [1.82, 2.24) is 0 Å². The summed E-state index contributed by atoms with van der Waals surface area (Å²) >= 11 is 5.79. The summed E-state index contributed by atoms with van der Waals surface area (Å²) in [6, 6.07) is 13.4. The topological polar surface area (TPSA) is 70.2 Å². The lowest BCUT2D eigenvalue weighted by Gasteiger charge is -2.20. The minimum absolute atomic E-state index is 0.104. The van der Waals surface area contributed by atoms with Gasteiger partial charge in [-0.15, -0.1) is 0 Å². The van der Waals surface area contributed by atoms with Gasteiger partial charge in [-0.1, -0.05) is 23.7 Å². The van der Waals surface area contributed by atoms with Crippen molar-refractivity contribution < 1.29 is 4.92 Å². The highest BCUT2D eigenvalue weighted by molar-refractivity contribution is 6.30. The molecule has 0 saturated heterocycles. The van der Waals surface area contributed by atoms with Gasteiger partial charge in [0.15, 0.2) is 0 Å². The van der Waals surface area contributed by atoms with E-state index in [0.29, 0.717) is 22.0 Å². The molecule has 0 aliphatic carbocycles. The molecule has 0 aromatic heterocycles. The molecule has 0 atom stereocenters. The van der Waals surface area contributed by atoms with Crippen LogP contribution in [0, 0.1) is 21.4 Å². The van der Waals surface area contributed by atoms with Gasteiger partial charge in [-0.25, -0.2) is 0 Å². The Morgan fingerprint density at radius 1 is 1.25 bits per heavy atom. The van der Waals surface area contributed by atoms with Crippen LogP contribution in [-0.4, -0.2) is 12.0 Å². The number of rotatable bonds is 3. The van der Waals surface area contributed by atoms with Crippen LogP contribution in [0.4, 0.5) is 17.1 Å². The quantitative estimate of drug-likeness (QED) is 0.634. The van der Waals surface area contributed by atoms with Gasteiger partial charge in [0.25, 0.3) is 5.69 Å². The first kappa shape index (κ1) is 13.8. The van der Waals surface area contributed by atoms with Crippen LogP contribution in [-0.2, 0) is 0 Å². The first-order valence-corrected chi connectivity index (χ1v) is 6.09. The molecule has 0 aliphatic heterocycles. The van der Waals surface area contributed by atoms with E-state index in [0.717, 1.165) is 0 Å². The van der Waals surface area contributed by atoms with E-state index in [9.17, 15) is 10.1 Å². The lowest BCUT2D eigenvalue weighted by molar-refractivity contribution is -0.384. The molecule has 0 amide bonds. The lowest BCUT2D eigenvalue weighted by Crippen LogP contribution is -2.12. The molecule has 2 rings (SSSR count). The van der Waals surface area contributed by atoms with Crippen molar-refractivity contribution in [2.24, 2.45) is 0 Å². The number of nitrogens with zero attached hydrogens (tertiary/aromatic N) is 3. The van der Waals surface area contributed by atoms with Gasteiger partial charge in [-0.2, -0.15) is 5.26 Å². The largest absolute Gasteiger partial charge is 0.338 e. The first-order valence-electron chi connectivity index (χ1n) is 5.71. The zero-order valence-corrected chi connectivity index (χ0v) is 11.3. The SMILES string of the molecule is CN(c1ccccc1C#N)c1ccc(Cl)cc1[N+](=O)[O-]. The van der Waals surface area contributed by atoms with E-state index in [2.05, 4.69) is 6.07 Å². The van der Waals surface area contributed by atoms with Crippen molar-refractivity contribution in [2.75, 3.05) is 11.9 Å². The van der Waals surface area contributed by atoms with Crippen LogP contribution in [0.1, 0.15) is 5.56 Å². The monoisotopic (exact) mass is 287 g/mol. The maximum Gasteiger partial charge on any atom is 0.294 e. The van der Waals surface area contributed by atoms with Crippen molar-refractivity contribution in [2.45, 2.75) is 0 Å². The summed E-state index contributed by atoms with van der Waals surface area (Å²) in [6.07, 6.45) is 0. The van der Waals surface area contributed by atoms with Crippen LogP contribution in [0.25, 0.3) is 0 Å². The predicted octanol–water partition coefficient (Wildman–Crippen LogP) is 3.89. The standard InChI is InChI=1S/C14H10ClN3O2/c1-17(12-5-3-2-4-10(12)9-16)13-7-6-11(15)8-14(13)18(19)20/h2-8H,1H3.